The van der Waals surface area contributed by atoms with E-state index >= 15 is 0 Å². The number of anilines is 1. The summed E-state index contributed by atoms with van der Waals surface area (Å²) in [5.41, 5.74) is 2.70. The molecule has 1 N–H and O–H groups in total. The Bertz CT molecular complexity index is 1150. The van der Waals surface area contributed by atoms with Crippen molar-refractivity contribution in [1.82, 2.24) is 4.98 Å². The number of hydrogen-bond donors (Lipinski definition) is 1. The van der Waals surface area contributed by atoms with Crippen LogP contribution in [0.4, 0.5) is 5.69 Å². The van der Waals surface area contributed by atoms with E-state index in [0.29, 0.717) is 5.88 Å². The van der Waals surface area contributed by atoms with Crippen LogP contribution in [-0.4, -0.2) is 50.5 Å². The lowest BCUT2D eigenvalue weighted by Crippen LogP contribution is -2.46. The summed E-state index contributed by atoms with van der Waals surface area (Å²) in [7, 11) is -2.33. The van der Waals surface area contributed by atoms with Crippen molar-refractivity contribution in [1.29, 1.82) is 0 Å². The topological polar surface area (TPSA) is 106 Å². The van der Waals surface area contributed by atoms with Crippen LogP contribution in [0.25, 0.3) is 11.1 Å². The third-order valence-electron chi connectivity index (χ3n) is 4.94. The maximum Gasteiger partial charge on any atom is 0.330 e. The molecule has 0 saturated carbocycles. The van der Waals surface area contributed by atoms with Gasteiger partial charge in [-0.1, -0.05) is 42.5 Å². The first kappa shape index (κ1) is 24.2. The predicted octanol–water partition coefficient (Wildman–Crippen LogP) is 3.02. The highest BCUT2D eigenvalue weighted by atomic mass is 32.2. The highest BCUT2D eigenvalue weighted by Gasteiger charge is 2.33. The summed E-state index contributed by atoms with van der Waals surface area (Å²) >= 11 is 0. The highest BCUT2D eigenvalue weighted by Crippen LogP contribution is 2.27. The molecule has 0 bridgehead atoms. The number of rotatable bonds is 10. The van der Waals surface area contributed by atoms with E-state index in [1.54, 1.807) is 48.7 Å². The average Bonchev–Trinajstić information content (AvgIpc) is 2.82. The molecule has 0 radical (unpaired) electrons. The molecule has 174 valence electrons. The summed E-state index contributed by atoms with van der Waals surface area (Å²) in [5, 5.41) is 9.52. The quantitative estimate of drug-likeness (QED) is 0.454. The largest absolute Gasteiger partial charge is 0.481 e. The van der Waals surface area contributed by atoms with Crippen LogP contribution in [0.3, 0.4) is 0 Å². The lowest BCUT2D eigenvalue weighted by atomic mass is 10.1. The zero-order chi connectivity index (χ0) is 23.8. The van der Waals surface area contributed by atoms with Crippen LogP contribution < -0.4 is 9.04 Å². The maximum atomic E-state index is 12.9. The molecule has 1 aromatic heterocycles. The molecule has 1 heterocycles. The number of nitrogens with zero attached hydrogens (tertiary/aromatic N) is 2. The molecule has 2 aromatic carbocycles. The van der Waals surface area contributed by atoms with E-state index in [9.17, 15) is 18.3 Å². The van der Waals surface area contributed by atoms with E-state index in [4.69, 9.17) is 9.47 Å². The molecule has 1 atom stereocenters. The number of carbonyl (C=O) groups excluding carboxylic acids is 1. The zero-order valence-corrected chi connectivity index (χ0v) is 19.2. The first-order valence-electron chi connectivity index (χ1n) is 10.2. The van der Waals surface area contributed by atoms with Gasteiger partial charge in [-0.2, -0.15) is 0 Å². The number of benzene rings is 2. The number of aliphatic hydroxyl groups is 1. The second-order valence-electron chi connectivity index (χ2n) is 7.32. The van der Waals surface area contributed by atoms with Crippen molar-refractivity contribution in [3.05, 3.63) is 78.5 Å². The normalized spacial score (nSPS) is 12.1. The van der Waals surface area contributed by atoms with Crippen LogP contribution in [0, 0.1) is 0 Å². The van der Waals surface area contributed by atoms with E-state index < -0.39 is 22.0 Å². The number of sulfonamides is 1. The average molecular weight is 471 g/mol. The molecular weight excluding hydrogens is 444 g/mol. The van der Waals surface area contributed by atoms with Gasteiger partial charge in [0.2, 0.25) is 15.9 Å². The number of carbonyl (C=O) groups is 1. The molecule has 0 spiro atoms. The van der Waals surface area contributed by atoms with Crippen LogP contribution in [0.1, 0.15) is 12.0 Å². The third-order valence-corrected chi connectivity index (χ3v) is 6.12. The maximum absolute atomic E-state index is 12.9. The molecule has 0 unspecified atom stereocenters. The molecule has 0 amide bonds. The van der Waals surface area contributed by atoms with E-state index in [2.05, 4.69) is 4.98 Å². The number of esters is 1. The fourth-order valence-corrected chi connectivity index (χ4v) is 4.51. The summed E-state index contributed by atoms with van der Waals surface area (Å²) in [6.45, 7) is -0.380. The van der Waals surface area contributed by atoms with Crippen molar-refractivity contribution in [2.45, 2.75) is 19.1 Å². The van der Waals surface area contributed by atoms with Crippen LogP contribution in [0.5, 0.6) is 5.88 Å². The van der Waals surface area contributed by atoms with E-state index in [-0.39, 0.29) is 25.3 Å². The molecule has 0 aliphatic carbocycles. The molecule has 0 fully saturated rings. The van der Waals surface area contributed by atoms with Gasteiger partial charge in [-0.3, -0.25) is 4.31 Å². The number of pyridine rings is 1. The number of aliphatic hydroxyl groups excluding tert-OH is 1. The molecule has 0 aliphatic heterocycles. The monoisotopic (exact) mass is 470 g/mol. The molecule has 0 aliphatic rings. The summed E-state index contributed by atoms with van der Waals surface area (Å²) in [6, 6.07) is 18.1. The lowest BCUT2D eigenvalue weighted by Gasteiger charge is -2.30. The van der Waals surface area contributed by atoms with Gasteiger partial charge in [-0.05, 0) is 29.3 Å². The van der Waals surface area contributed by atoms with Gasteiger partial charge in [-0.25, -0.2) is 18.2 Å². The van der Waals surface area contributed by atoms with E-state index in [0.717, 1.165) is 27.3 Å². The van der Waals surface area contributed by atoms with Crippen LogP contribution in [0.15, 0.2) is 72.9 Å². The Kier molecular flexibility index (Phi) is 8.02. The zero-order valence-electron chi connectivity index (χ0n) is 18.4. The van der Waals surface area contributed by atoms with Crippen molar-refractivity contribution < 1.29 is 27.8 Å². The summed E-state index contributed by atoms with van der Waals surface area (Å²) in [6.07, 6.45) is 2.56. The Balaban J connectivity index is 1.86. The Morgan fingerprint density at radius 3 is 2.24 bits per heavy atom. The molecule has 9 heteroatoms. The Morgan fingerprint density at radius 1 is 1.03 bits per heavy atom. The standard InChI is InChI=1S/C24H26N2O6S/c1-31-23-13-10-20(16-25-23)19-8-11-21(12-9-19)26(33(2,29)30)22(14-15-27)24(28)32-17-18-6-4-3-5-7-18/h3-13,16,22,27H,14-15,17H2,1-2H3/t22-/m0/s1. The van der Waals surface area contributed by atoms with Crippen molar-refractivity contribution in [2.24, 2.45) is 0 Å². The first-order chi connectivity index (χ1) is 15.8. The van der Waals surface area contributed by atoms with Gasteiger partial charge in [0.15, 0.2) is 0 Å². The third kappa shape index (κ3) is 6.30. The molecular formula is C24H26N2O6S. The molecule has 3 aromatic rings. The van der Waals surface area contributed by atoms with Crippen molar-refractivity contribution in [3.63, 3.8) is 0 Å². The first-order valence-corrected chi connectivity index (χ1v) is 12.1. The van der Waals surface area contributed by atoms with Crippen LogP contribution in [-0.2, 0) is 26.2 Å². The fourth-order valence-electron chi connectivity index (χ4n) is 3.35. The second-order valence-corrected chi connectivity index (χ2v) is 9.18. The number of hydrogen-bond acceptors (Lipinski definition) is 7. The van der Waals surface area contributed by atoms with Crippen molar-refractivity contribution in [2.75, 3.05) is 24.3 Å². The van der Waals surface area contributed by atoms with Gasteiger partial charge in [0.05, 0.1) is 19.1 Å². The molecule has 8 nitrogen and oxygen atoms in total. The minimum absolute atomic E-state index is 0.00259. The number of aromatic nitrogens is 1. The summed E-state index contributed by atoms with van der Waals surface area (Å²) < 4.78 is 36.8. The van der Waals surface area contributed by atoms with Gasteiger partial charge in [0, 0.05) is 30.9 Å². The number of ether oxygens (including phenoxy) is 2. The lowest BCUT2D eigenvalue weighted by molar-refractivity contribution is -0.146. The second kappa shape index (κ2) is 10.9. The van der Waals surface area contributed by atoms with Gasteiger partial charge >= 0.3 is 5.97 Å². The smallest absolute Gasteiger partial charge is 0.330 e. The highest BCUT2D eigenvalue weighted by molar-refractivity contribution is 7.92. The van der Waals surface area contributed by atoms with Gasteiger partial charge < -0.3 is 14.6 Å². The Hall–Kier alpha value is -3.43. The van der Waals surface area contributed by atoms with Gasteiger partial charge in [-0.15, -0.1) is 0 Å². The van der Waals surface area contributed by atoms with Crippen LogP contribution >= 0.6 is 0 Å². The van der Waals surface area contributed by atoms with Crippen molar-refractivity contribution in [3.8, 4) is 17.0 Å². The van der Waals surface area contributed by atoms with Gasteiger partial charge in [0.25, 0.3) is 0 Å². The minimum atomic E-state index is -3.86. The Labute approximate surface area is 193 Å². The molecule has 0 saturated heterocycles. The SMILES string of the molecule is COc1ccc(-c2ccc(N([C@@H](CCO)C(=O)OCc3ccccc3)S(C)(=O)=O)cc2)cn1. The molecule has 33 heavy (non-hydrogen) atoms. The minimum Gasteiger partial charge on any atom is -0.481 e. The summed E-state index contributed by atoms with van der Waals surface area (Å²) in [5.74, 6) is -0.249. The van der Waals surface area contributed by atoms with Gasteiger partial charge in [0.1, 0.15) is 12.6 Å². The predicted molar refractivity (Wildman–Crippen MR) is 125 cm³/mol. The van der Waals surface area contributed by atoms with E-state index in [1.807, 2.05) is 24.3 Å². The summed E-state index contributed by atoms with van der Waals surface area (Å²) in [4.78, 5) is 17.0. The van der Waals surface area contributed by atoms with E-state index in [1.165, 1.54) is 7.11 Å². The molecule has 3 rings (SSSR count). The van der Waals surface area contributed by atoms with Crippen molar-refractivity contribution >= 4 is 21.7 Å². The van der Waals surface area contributed by atoms with Crippen LogP contribution in [0.2, 0.25) is 0 Å². The fraction of sp³-hybridized carbons (Fsp3) is 0.250. The number of methoxy groups -OCH3 is 1. The Morgan fingerprint density at radius 2 is 1.70 bits per heavy atom.